The average molecular weight is 383 g/mol. The van der Waals surface area contributed by atoms with Crippen LogP contribution in [0.15, 0.2) is 0 Å². The van der Waals surface area contributed by atoms with Crippen LogP contribution in [-0.4, -0.2) is 77.2 Å². The fourth-order valence-corrected chi connectivity index (χ4v) is 3.91. The molecule has 1 saturated heterocycles. The van der Waals surface area contributed by atoms with E-state index in [2.05, 4.69) is 5.32 Å². The molecule has 0 aromatic carbocycles. The molecule has 154 valence electrons. The van der Waals surface area contributed by atoms with Crippen molar-refractivity contribution in [2.45, 2.75) is 71.1 Å². The maximum absolute atomic E-state index is 12.5. The van der Waals surface area contributed by atoms with E-state index >= 15 is 0 Å². The van der Waals surface area contributed by atoms with E-state index in [0.717, 1.165) is 25.7 Å². The average Bonchev–Trinajstić information content (AvgIpc) is 2.55. The first-order valence-electron chi connectivity index (χ1n) is 9.99. The summed E-state index contributed by atoms with van der Waals surface area (Å²) in [6.45, 7) is 7.64. The molecule has 2 amide bonds. The van der Waals surface area contributed by atoms with Gasteiger partial charge in [-0.15, -0.1) is 0 Å². The van der Waals surface area contributed by atoms with Crippen LogP contribution in [0.4, 0.5) is 4.79 Å². The molecule has 1 aliphatic carbocycles. The number of aliphatic carboxylic acids is 1. The largest absolute Gasteiger partial charge is 0.480 e. The van der Waals surface area contributed by atoms with E-state index < -0.39 is 5.97 Å². The fraction of sp³-hybridized carbons (Fsp3) is 0.842. The van der Waals surface area contributed by atoms with Crippen molar-refractivity contribution in [3.63, 3.8) is 0 Å². The number of amides is 2. The highest BCUT2D eigenvalue weighted by Crippen LogP contribution is 2.26. The van der Waals surface area contributed by atoms with Crippen LogP contribution in [0.1, 0.15) is 52.9 Å². The van der Waals surface area contributed by atoms with Crippen molar-refractivity contribution in [3.05, 3.63) is 0 Å². The molecule has 0 radical (unpaired) electrons. The fourth-order valence-electron chi connectivity index (χ4n) is 3.91. The summed E-state index contributed by atoms with van der Waals surface area (Å²) < 4.78 is 5.21. The van der Waals surface area contributed by atoms with Crippen LogP contribution in [0.5, 0.6) is 0 Å². The summed E-state index contributed by atoms with van der Waals surface area (Å²) in [6.07, 6.45) is 3.63. The van der Waals surface area contributed by atoms with Gasteiger partial charge in [-0.2, -0.15) is 0 Å². The number of esters is 1. The third kappa shape index (κ3) is 6.68. The van der Waals surface area contributed by atoms with Crippen molar-refractivity contribution < 1.29 is 24.2 Å². The summed E-state index contributed by atoms with van der Waals surface area (Å²) in [4.78, 5) is 39.0. The molecule has 1 saturated carbocycles. The molecular weight excluding hydrogens is 350 g/mol. The molecule has 0 aromatic heterocycles. The van der Waals surface area contributed by atoms with E-state index in [9.17, 15) is 14.4 Å². The molecule has 1 atom stereocenters. The van der Waals surface area contributed by atoms with Crippen LogP contribution in [0.25, 0.3) is 0 Å². The zero-order chi connectivity index (χ0) is 20.0. The predicted molar refractivity (Wildman–Crippen MR) is 100 cm³/mol. The molecular formula is C19H33N3O5. The lowest BCUT2D eigenvalue weighted by molar-refractivity contribution is -0.149. The van der Waals surface area contributed by atoms with Gasteiger partial charge in [-0.25, -0.2) is 4.79 Å². The van der Waals surface area contributed by atoms with Crippen LogP contribution in [0, 0.1) is 5.92 Å². The van der Waals surface area contributed by atoms with Gasteiger partial charge in [0.25, 0.3) is 0 Å². The number of hydrogen-bond acceptors (Lipinski definition) is 5. The van der Waals surface area contributed by atoms with E-state index in [1.54, 1.807) is 4.90 Å². The Kier molecular flexibility index (Phi) is 7.89. The summed E-state index contributed by atoms with van der Waals surface area (Å²) in [5.74, 6) is -0.868. The number of ether oxygens (including phenoxy) is 1. The number of likely N-dealkylation sites (N-methyl/N-ethyl adjacent to an activating group) is 1. The number of carbonyl (C=O) groups excluding carboxylic acids is 2. The highest BCUT2D eigenvalue weighted by molar-refractivity contribution is 5.75. The molecule has 2 rings (SSSR count). The number of carbonyl (C=O) groups is 3. The standard InChI is InChI=1S/C19H33N3O5/c1-4-21(12-17(23)24)16-9-15(10-16)20-19(26)22-7-5-6-14(11-22)8-18(25)27-13(2)3/h13-16H,4-12H2,1-3H3,(H,20,26)(H,23,24). The number of hydrogen-bond donors (Lipinski definition) is 2. The second kappa shape index (κ2) is 9.92. The molecule has 1 aliphatic heterocycles. The topological polar surface area (TPSA) is 99.2 Å². The third-order valence-electron chi connectivity index (χ3n) is 5.33. The number of carboxylic acid groups (broad SMARTS) is 1. The molecule has 2 N–H and O–H groups in total. The first-order valence-corrected chi connectivity index (χ1v) is 9.99. The lowest BCUT2D eigenvalue weighted by Gasteiger charge is -2.43. The highest BCUT2D eigenvalue weighted by Gasteiger charge is 2.36. The Hall–Kier alpha value is -1.83. The van der Waals surface area contributed by atoms with Crippen LogP contribution in [0.3, 0.4) is 0 Å². The number of nitrogens with one attached hydrogen (secondary N) is 1. The van der Waals surface area contributed by atoms with E-state index in [1.807, 2.05) is 25.7 Å². The second-order valence-corrected chi connectivity index (χ2v) is 7.93. The van der Waals surface area contributed by atoms with Crippen molar-refractivity contribution in [1.82, 2.24) is 15.1 Å². The zero-order valence-corrected chi connectivity index (χ0v) is 16.6. The number of nitrogens with zero attached hydrogens (tertiary/aromatic N) is 2. The second-order valence-electron chi connectivity index (χ2n) is 7.93. The molecule has 0 spiro atoms. The van der Waals surface area contributed by atoms with Gasteiger partial charge in [-0.1, -0.05) is 6.92 Å². The zero-order valence-electron chi connectivity index (χ0n) is 16.6. The van der Waals surface area contributed by atoms with Gasteiger partial charge in [-0.3, -0.25) is 14.5 Å². The van der Waals surface area contributed by atoms with E-state index in [0.29, 0.717) is 26.1 Å². The highest BCUT2D eigenvalue weighted by atomic mass is 16.5. The van der Waals surface area contributed by atoms with Crippen LogP contribution in [0.2, 0.25) is 0 Å². The molecule has 2 aliphatic rings. The van der Waals surface area contributed by atoms with Crippen LogP contribution >= 0.6 is 0 Å². The SMILES string of the molecule is CCN(CC(=O)O)C1CC(NC(=O)N2CCCC(CC(=O)OC(C)C)C2)C1. The summed E-state index contributed by atoms with van der Waals surface area (Å²) in [5.41, 5.74) is 0. The van der Waals surface area contributed by atoms with Crippen molar-refractivity contribution in [3.8, 4) is 0 Å². The van der Waals surface area contributed by atoms with Crippen LogP contribution < -0.4 is 5.32 Å². The maximum Gasteiger partial charge on any atom is 0.317 e. The molecule has 8 heteroatoms. The van der Waals surface area contributed by atoms with E-state index in [4.69, 9.17) is 9.84 Å². The normalized spacial score (nSPS) is 25.2. The molecule has 0 aromatic rings. The quantitative estimate of drug-likeness (QED) is 0.619. The number of likely N-dealkylation sites (tertiary alicyclic amines) is 1. The Balaban J connectivity index is 1.73. The van der Waals surface area contributed by atoms with Gasteiger partial charge in [0.05, 0.1) is 19.1 Å². The molecule has 27 heavy (non-hydrogen) atoms. The van der Waals surface area contributed by atoms with E-state index in [-0.39, 0.29) is 42.7 Å². The summed E-state index contributed by atoms with van der Waals surface area (Å²) in [5, 5.41) is 12.0. The molecule has 0 bridgehead atoms. The predicted octanol–water partition coefficient (Wildman–Crippen LogP) is 1.69. The Labute approximate surface area is 161 Å². The van der Waals surface area contributed by atoms with Crippen molar-refractivity contribution in [2.24, 2.45) is 5.92 Å². The van der Waals surface area contributed by atoms with Crippen molar-refractivity contribution in [2.75, 3.05) is 26.2 Å². The number of rotatable bonds is 8. The first kappa shape index (κ1) is 21.5. The van der Waals surface area contributed by atoms with Gasteiger partial charge >= 0.3 is 18.0 Å². The molecule has 1 unspecified atom stereocenters. The van der Waals surface area contributed by atoms with Gasteiger partial charge in [-0.05, 0) is 52.0 Å². The van der Waals surface area contributed by atoms with Crippen LogP contribution in [-0.2, 0) is 14.3 Å². The minimum Gasteiger partial charge on any atom is -0.480 e. The van der Waals surface area contributed by atoms with Gasteiger partial charge in [0.2, 0.25) is 0 Å². The Morgan fingerprint density at radius 1 is 1.30 bits per heavy atom. The number of urea groups is 1. The van der Waals surface area contributed by atoms with Gasteiger partial charge < -0.3 is 20.1 Å². The van der Waals surface area contributed by atoms with Gasteiger partial charge in [0, 0.05) is 25.2 Å². The maximum atomic E-state index is 12.5. The van der Waals surface area contributed by atoms with Gasteiger partial charge in [0.15, 0.2) is 0 Å². The lowest BCUT2D eigenvalue weighted by Crippen LogP contribution is -2.57. The number of piperidine rings is 1. The molecule has 2 fully saturated rings. The van der Waals surface area contributed by atoms with Gasteiger partial charge in [0.1, 0.15) is 0 Å². The summed E-state index contributed by atoms with van der Waals surface area (Å²) >= 11 is 0. The molecule has 1 heterocycles. The first-order chi connectivity index (χ1) is 12.8. The monoisotopic (exact) mass is 383 g/mol. The summed E-state index contributed by atoms with van der Waals surface area (Å²) in [6, 6.07) is 0.231. The smallest absolute Gasteiger partial charge is 0.317 e. The lowest BCUT2D eigenvalue weighted by atomic mass is 9.85. The third-order valence-corrected chi connectivity index (χ3v) is 5.33. The minimum atomic E-state index is -0.820. The molecule has 8 nitrogen and oxygen atoms in total. The van der Waals surface area contributed by atoms with E-state index in [1.165, 1.54) is 0 Å². The Morgan fingerprint density at radius 2 is 2.00 bits per heavy atom. The Morgan fingerprint density at radius 3 is 2.59 bits per heavy atom. The Bertz CT molecular complexity index is 533. The summed E-state index contributed by atoms with van der Waals surface area (Å²) in [7, 11) is 0. The van der Waals surface area contributed by atoms with Crippen molar-refractivity contribution in [1.29, 1.82) is 0 Å². The minimum absolute atomic E-state index is 0.0438. The van der Waals surface area contributed by atoms with Crippen molar-refractivity contribution >= 4 is 18.0 Å². The number of carboxylic acids is 1.